The Balaban J connectivity index is 4.28. The van der Waals surface area contributed by atoms with E-state index >= 15 is 0 Å². The summed E-state index contributed by atoms with van der Waals surface area (Å²) >= 11 is 0. The molecule has 0 aliphatic rings. The largest absolute Gasteiger partial charge is 0.472 e. The molecule has 0 bridgehead atoms. The molecule has 0 amide bonds. The van der Waals surface area contributed by atoms with Gasteiger partial charge in [0.1, 0.15) is 12.7 Å². The first-order chi connectivity index (χ1) is 24.7. The van der Waals surface area contributed by atoms with Gasteiger partial charge in [0.15, 0.2) is 6.10 Å². The van der Waals surface area contributed by atoms with E-state index in [0.717, 1.165) is 32.1 Å². The molecular formula is C40H79O10P. The summed E-state index contributed by atoms with van der Waals surface area (Å²) < 4.78 is 32.7. The molecule has 3 N–H and O–H groups in total. The summed E-state index contributed by atoms with van der Waals surface area (Å²) in [7, 11) is -4.60. The highest BCUT2D eigenvalue weighted by atomic mass is 31.2. The minimum Gasteiger partial charge on any atom is -0.462 e. The van der Waals surface area contributed by atoms with Crippen LogP contribution >= 0.6 is 7.82 Å². The highest BCUT2D eigenvalue weighted by molar-refractivity contribution is 7.47. The molecule has 11 heteroatoms. The molecule has 0 aromatic carbocycles. The number of phosphoric ester groups is 1. The minimum absolute atomic E-state index is 0.192. The van der Waals surface area contributed by atoms with Crippen LogP contribution in [0.1, 0.15) is 206 Å². The molecule has 0 rings (SSSR count). The maximum atomic E-state index is 12.6. The lowest BCUT2D eigenvalue weighted by atomic mass is 10.0. The average Bonchev–Trinajstić information content (AvgIpc) is 3.12. The van der Waals surface area contributed by atoms with Gasteiger partial charge in [-0.1, -0.05) is 181 Å². The van der Waals surface area contributed by atoms with Crippen LogP contribution in [-0.4, -0.2) is 65.7 Å². The smallest absolute Gasteiger partial charge is 0.462 e. The van der Waals surface area contributed by atoms with Crippen LogP contribution in [0.25, 0.3) is 0 Å². The molecule has 0 radical (unpaired) electrons. The summed E-state index contributed by atoms with van der Waals surface area (Å²) in [5, 5.41) is 18.3. The first-order valence-corrected chi connectivity index (χ1v) is 22.5. The van der Waals surface area contributed by atoms with Crippen molar-refractivity contribution in [3.05, 3.63) is 0 Å². The number of carbonyl (C=O) groups excluding carboxylic acids is 2. The molecular weight excluding hydrogens is 671 g/mol. The van der Waals surface area contributed by atoms with Crippen molar-refractivity contribution in [2.75, 3.05) is 26.4 Å². The van der Waals surface area contributed by atoms with Gasteiger partial charge in [-0.05, 0) is 12.8 Å². The highest BCUT2D eigenvalue weighted by Gasteiger charge is 2.27. The Morgan fingerprint density at radius 3 is 1.22 bits per heavy atom. The van der Waals surface area contributed by atoms with E-state index in [1.54, 1.807) is 0 Å². The zero-order valence-electron chi connectivity index (χ0n) is 32.8. The molecule has 0 fully saturated rings. The van der Waals surface area contributed by atoms with Crippen molar-refractivity contribution in [3.63, 3.8) is 0 Å². The first-order valence-electron chi connectivity index (χ1n) is 21.0. The van der Waals surface area contributed by atoms with Crippen LogP contribution in [0, 0.1) is 0 Å². The van der Waals surface area contributed by atoms with E-state index < -0.39 is 51.8 Å². The van der Waals surface area contributed by atoms with E-state index in [-0.39, 0.29) is 19.4 Å². The molecule has 51 heavy (non-hydrogen) atoms. The summed E-state index contributed by atoms with van der Waals surface area (Å²) in [6.07, 6.45) is 32.1. The van der Waals surface area contributed by atoms with Gasteiger partial charge in [-0.2, -0.15) is 0 Å². The molecule has 0 aromatic rings. The number of carbonyl (C=O) groups is 2. The Morgan fingerprint density at radius 1 is 0.510 bits per heavy atom. The number of hydrogen-bond donors (Lipinski definition) is 3. The predicted octanol–water partition coefficient (Wildman–Crippen LogP) is 10.7. The van der Waals surface area contributed by atoms with Gasteiger partial charge in [0, 0.05) is 12.8 Å². The number of phosphoric acid groups is 1. The molecule has 0 aliphatic carbocycles. The van der Waals surface area contributed by atoms with Gasteiger partial charge in [-0.25, -0.2) is 4.57 Å². The maximum absolute atomic E-state index is 12.6. The first kappa shape index (κ1) is 50.0. The van der Waals surface area contributed by atoms with Gasteiger partial charge in [-0.15, -0.1) is 0 Å². The van der Waals surface area contributed by atoms with Gasteiger partial charge in [0.05, 0.1) is 19.8 Å². The van der Waals surface area contributed by atoms with E-state index in [9.17, 15) is 24.2 Å². The molecule has 10 nitrogen and oxygen atoms in total. The second-order valence-corrected chi connectivity index (χ2v) is 15.8. The number of aliphatic hydroxyl groups is 2. The van der Waals surface area contributed by atoms with Crippen molar-refractivity contribution in [2.45, 2.75) is 219 Å². The van der Waals surface area contributed by atoms with Crippen molar-refractivity contribution in [3.8, 4) is 0 Å². The Kier molecular flexibility index (Phi) is 36.5. The molecule has 0 aromatic heterocycles. The quantitative estimate of drug-likeness (QED) is 0.0314. The van der Waals surface area contributed by atoms with Crippen LogP contribution in [-0.2, 0) is 32.7 Å². The van der Waals surface area contributed by atoms with Crippen LogP contribution in [0.2, 0.25) is 0 Å². The molecule has 0 saturated carbocycles. The number of rotatable bonds is 40. The molecule has 0 saturated heterocycles. The molecule has 0 spiro atoms. The van der Waals surface area contributed by atoms with E-state index in [1.807, 2.05) is 0 Å². The van der Waals surface area contributed by atoms with Crippen molar-refractivity contribution in [1.29, 1.82) is 0 Å². The Morgan fingerprint density at radius 2 is 0.843 bits per heavy atom. The van der Waals surface area contributed by atoms with Crippen LogP contribution in [0.5, 0.6) is 0 Å². The fraction of sp³-hybridized carbons (Fsp3) is 0.950. The second kappa shape index (κ2) is 37.3. The van der Waals surface area contributed by atoms with Crippen LogP contribution in [0.15, 0.2) is 0 Å². The van der Waals surface area contributed by atoms with E-state index in [2.05, 4.69) is 18.4 Å². The van der Waals surface area contributed by atoms with Gasteiger partial charge in [0.2, 0.25) is 0 Å². The van der Waals surface area contributed by atoms with Gasteiger partial charge >= 0.3 is 19.8 Å². The van der Waals surface area contributed by atoms with E-state index in [0.29, 0.717) is 12.8 Å². The number of unbranched alkanes of at least 4 members (excludes halogenated alkanes) is 26. The van der Waals surface area contributed by atoms with Crippen molar-refractivity contribution >= 4 is 19.8 Å². The van der Waals surface area contributed by atoms with Crippen LogP contribution in [0.4, 0.5) is 0 Å². The van der Waals surface area contributed by atoms with Gasteiger partial charge < -0.3 is 24.6 Å². The van der Waals surface area contributed by atoms with Crippen molar-refractivity contribution in [1.82, 2.24) is 0 Å². The highest BCUT2D eigenvalue weighted by Crippen LogP contribution is 2.43. The molecule has 0 heterocycles. The minimum atomic E-state index is -4.60. The molecule has 304 valence electrons. The third-order valence-corrected chi connectivity index (χ3v) is 10.2. The average molecular weight is 751 g/mol. The topological polar surface area (TPSA) is 149 Å². The SMILES string of the molecule is CCCCCCCCCCCCCCCCC(=O)OCC(COP(=O)(O)OCC(O)CO)OC(=O)CCCCCCCCCCCCCCCC. The molecule has 3 unspecified atom stereocenters. The normalized spacial score (nSPS) is 13.9. The zero-order chi connectivity index (χ0) is 37.7. The Bertz CT molecular complexity index is 827. The number of ether oxygens (including phenoxy) is 2. The van der Waals surface area contributed by atoms with Gasteiger partial charge in [-0.3, -0.25) is 18.6 Å². The number of hydrogen-bond acceptors (Lipinski definition) is 9. The Labute approximate surface area is 312 Å². The molecule has 0 aliphatic heterocycles. The number of esters is 2. The second-order valence-electron chi connectivity index (χ2n) is 14.4. The molecule has 3 atom stereocenters. The summed E-state index contributed by atoms with van der Waals surface area (Å²) in [4.78, 5) is 34.9. The lowest BCUT2D eigenvalue weighted by molar-refractivity contribution is -0.161. The summed E-state index contributed by atoms with van der Waals surface area (Å²) in [5.41, 5.74) is 0. The number of aliphatic hydroxyl groups excluding tert-OH is 2. The maximum Gasteiger partial charge on any atom is 0.472 e. The van der Waals surface area contributed by atoms with Crippen LogP contribution in [0.3, 0.4) is 0 Å². The van der Waals surface area contributed by atoms with E-state index in [1.165, 1.54) is 135 Å². The van der Waals surface area contributed by atoms with Gasteiger partial charge in [0.25, 0.3) is 0 Å². The fourth-order valence-electron chi connectivity index (χ4n) is 5.99. The summed E-state index contributed by atoms with van der Waals surface area (Å²) in [6, 6.07) is 0. The predicted molar refractivity (Wildman–Crippen MR) is 206 cm³/mol. The third-order valence-electron chi connectivity index (χ3n) is 9.26. The van der Waals surface area contributed by atoms with Crippen LogP contribution < -0.4 is 0 Å². The van der Waals surface area contributed by atoms with Crippen molar-refractivity contribution < 1.29 is 47.8 Å². The lowest BCUT2D eigenvalue weighted by Crippen LogP contribution is -2.29. The summed E-state index contributed by atoms with van der Waals surface area (Å²) in [6.45, 7) is 2.41. The standard InChI is InChI=1S/C40H79O10P/c1-3-5-7-9-11-13-15-17-19-21-23-25-27-29-31-39(43)47-35-38(36-49-51(45,46)48-34-37(42)33-41)50-40(44)32-30-28-26-24-22-20-18-16-14-12-10-8-6-4-2/h37-38,41-42H,3-36H2,1-2H3,(H,45,46). The third kappa shape index (κ3) is 37.1. The van der Waals surface area contributed by atoms with E-state index in [4.69, 9.17) is 19.1 Å². The zero-order valence-corrected chi connectivity index (χ0v) is 33.7. The fourth-order valence-corrected chi connectivity index (χ4v) is 6.78. The summed E-state index contributed by atoms with van der Waals surface area (Å²) in [5.74, 6) is -0.911. The lowest BCUT2D eigenvalue weighted by Gasteiger charge is -2.20. The van der Waals surface area contributed by atoms with Crippen molar-refractivity contribution in [2.24, 2.45) is 0 Å². The Hall–Kier alpha value is -1.03. The monoisotopic (exact) mass is 751 g/mol.